The minimum atomic E-state index is -0.254. The van der Waals surface area contributed by atoms with Crippen molar-refractivity contribution >= 4 is 28.9 Å². The van der Waals surface area contributed by atoms with Gasteiger partial charge in [0.2, 0.25) is 5.91 Å². The molecule has 2 heterocycles. The molecule has 2 aliphatic heterocycles. The molecule has 1 N–H and O–H groups in total. The SMILES string of the molecule is CC1CCN(C(=O)C(C2CCCC2)N2CCN(C(=S)Nc3ccc(F)cc3)CC2)CC1. The predicted octanol–water partition coefficient (Wildman–Crippen LogP) is 3.96. The molecule has 3 fully saturated rings. The molecule has 0 radical (unpaired) electrons. The predicted molar refractivity (Wildman–Crippen MR) is 126 cm³/mol. The Balaban J connectivity index is 1.36. The second-order valence-electron chi connectivity index (χ2n) is 9.46. The molecule has 31 heavy (non-hydrogen) atoms. The van der Waals surface area contributed by atoms with Crippen LogP contribution in [0, 0.1) is 17.7 Å². The fraction of sp³-hybridized carbons (Fsp3) is 0.667. The summed E-state index contributed by atoms with van der Waals surface area (Å²) in [5.74, 6) is 1.32. The number of piperidine rings is 1. The van der Waals surface area contributed by atoms with E-state index in [9.17, 15) is 9.18 Å². The highest BCUT2D eigenvalue weighted by Gasteiger charge is 2.39. The number of carbonyl (C=O) groups excluding carboxylic acids is 1. The fourth-order valence-corrected chi connectivity index (χ4v) is 5.58. The van der Waals surface area contributed by atoms with Crippen LogP contribution < -0.4 is 5.32 Å². The van der Waals surface area contributed by atoms with Gasteiger partial charge in [-0.25, -0.2) is 4.39 Å². The first kappa shape index (κ1) is 22.5. The first-order chi connectivity index (χ1) is 15.0. The monoisotopic (exact) mass is 446 g/mol. The smallest absolute Gasteiger partial charge is 0.240 e. The second-order valence-corrected chi connectivity index (χ2v) is 9.84. The number of rotatable bonds is 4. The van der Waals surface area contributed by atoms with Gasteiger partial charge in [-0.2, -0.15) is 0 Å². The standard InChI is InChI=1S/C24H35FN4OS/c1-18-10-12-28(13-11-18)23(30)22(19-4-2-3-5-19)27-14-16-29(17-15-27)24(31)26-21-8-6-20(25)7-9-21/h6-9,18-19,22H,2-5,10-17H2,1H3,(H,26,31). The van der Waals surface area contributed by atoms with E-state index in [1.165, 1.54) is 37.8 Å². The lowest BCUT2D eigenvalue weighted by Crippen LogP contribution is -2.59. The van der Waals surface area contributed by atoms with Crippen molar-refractivity contribution in [1.82, 2.24) is 14.7 Å². The van der Waals surface area contributed by atoms with E-state index in [1.54, 1.807) is 12.1 Å². The number of nitrogens with zero attached hydrogens (tertiary/aromatic N) is 3. The number of hydrogen-bond acceptors (Lipinski definition) is 3. The Morgan fingerprint density at radius 1 is 0.968 bits per heavy atom. The molecule has 1 aromatic rings. The van der Waals surface area contributed by atoms with Gasteiger partial charge >= 0.3 is 0 Å². The maximum absolute atomic E-state index is 13.6. The van der Waals surface area contributed by atoms with Gasteiger partial charge in [-0.05, 0) is 74.0 Å². The van der Waals surface area contributed by atoms with Gasteiger partial charge in [0.25, 0.3) is 0 Å². The van der Waals surface area contributed by atoms with Crippen molar-refractivity contribution in [2.45, 2.75) is 51.5 Å². The van der Waals surface area contributed by atoms with Crippen molar-refractivity contribution in [2.24, 2.45) is 11.8 Å². The summed E-state index contributed by atoms with van der Waals surface area (Å²) >= 11 is 5.59. The third-order valence-electron chi connectivity index (χ3n) is 7.29. The Kier molecular flexibility index (Phi) is 7.43. The largest absolute Gasteiger partial charge is 0.346 e. The van der Waals surface area contributed by atoms with E-state index < -0.39 is 0 Å². The molecular formula is C24H35FN4OS. The Morgan fingerprint density at radius 2 is 1.58 bits per heavy atom. The number of amides is 1. The van der Waals surface area contributed by atoms with Crippen molar-refractivity contribution < 1.29 is 9.18 Å². The lowest BCUT2D eigenvalue weighted by atomic mass is 9.92. The van der Waals surface area contributed by atoms with Crippen LogP contribution in [0.1, 0.15) is 45.4 Å². The van der Waals surface area contributed by atoms with E-state index in [0.29, 0.717) is 16.9 Å². The number of nitrogens with one attached hydrogen (secondary N) is 1. The molecule has 0 spiro atoms. The second kappa shape index (κ2) is 10.3. The van der Waals surface area contributed by atoms with E-state index in [1.807, 2.05) is 0 Å². The molecule has 3 aliphatic rings. The first-order valence-electron chi connectivity index (χ1n) is 11.9. The van der Waals surface area contributed by atoms with Crippen molar-refractivity contribution in [1.29, 1.82) is 0 Å². The molecule has 1 saturated carbocycles. The lowest BCUT2D eigenvalue weighted by Gasteiger charge is -2.44. The number of thiocarbonyl (C=S) groups is 1. The lowest BCUT2D eigenvalue weighted by molar-refractivity contribution is -0.141. The quantitative estimate of drug-likeness (QED) is 0.709. The van der Waals surface area contributed by atoms with Crippen LogP contribution in [0.3, 0.4) is 0 Å². The topological polar surface area (TPSA) is 38.8 Å². The molecule has 5 nitrogen and oxygen atoms in total. The van der Waals surface area contributed by atoms with E-state index in [0.717, 1.165) is 63.7 Å². The minimum Gasteiger partial charge on any atom is -0.346 e. The Hall–Kier alpha value is -1.73. The molecule has 2 saturated heterocycles. The summed E-state index contributed by atoms with van der Waals surface area (Å²) in [6.45, 7) is 7.42. The van der Waals surface area contributed by atoms with Gasteiger partial charge in [0.15, 0.2) is 5.11 Å². The van der Waals surface area contributed by atoms with Crippen LogP contribution in [0.5, 0.6) is 0 Å². The minimum absolute atomic E-state index is 0.0247. The van der Waals surface area contributed by atoms with Gasteiger partial charge in [-0.3, -0.25) is 9.69 Å². The van der Waals surface area contributed by atoms with Crippen LogP contribution >= 0.6 is 12.2 Å². The number of benzene rings is 1. The molecule has 0 aromatic heterocycles. The van der Waals surface area contributed by atoms with Gasteiger partial charge in [-0.1, -0.05) is 19.8 Å². The summed E-state index contributed by atoms with van der Waals surface area (Å²) < 4.78 is 13.1. The molecule has 1 unspecified atom stereocenters. The van der Waals surface area contributed by atoms with Gasteiger partial charge < -0.3 is 15.1 Å². The van der Waals surface area contributed by atoms with Gasteiger partial charge in [0.05, 0.1) is 6.04 Å². The molecule has 1 aliphatic carbocycles. The molecule has 1 atom stereocenters. The zero-order chi connectivity index (χ0) is 21.8. The zero-order valence-electron chi connectivity index (χ0n) is 18.6. The summed E-state index contributed by atoms with van der Waals surface area (Å²) in [4.78, 5) is 20.3. The summed E-state index contributed by atoms with van der Waals surface area (Å²) in [6.07, 6.45) is 7.09. The van der Waals surface area contributed by atoms with Crippen LogP contribution in [-0.4, -0.2) is 71.0 Å². The van der Waals surface area contributed by atoms with E-state index >= 15 is 0 Å². The van der Waals surface area contributed by atoms with Crippen molar-refractivity contribution in [3.63, 3.8) is 0 Å². The van der Waals surface area contributed by atoms with Gasteiger partial charge in [0, 0.05) is 45.0 Å². The van der Waals surface area contributed by atoms with Crippen LogP contribution in [0.4, 0.5) is 10.1 Å². The maximum Gasteiger partial charge on any atom is 0.240 e. The number of hydrogen-bond donors (Lipinski definition) is 1. The number of halogens is 1. The van der Waals surface area contributed by atoms with Crippen LogP contribution in [-0.2, 0) is 4.79 Å². The summed E-state index contributed by atoms with van der Waals surface area (Å²) in [6, 6.07) is 6.29. The zero-order valence-corrected chi connectivity index (χ0v) is 19.4. The highest BCUT2D eigenvalue weighted by atomic mass is 32.1. The van der Waals surface area contributed by atoms with Crippen molar-refractivity contribution in [3.8, 4) is 0 Å². The highest BCUT2D eigenvalue weighted by molar-refractivity contribution is 7.80. The first-order valence-corrected chi connectivity index (χ1v) is 12.3. The fourth-order valence-electron chi connectivity index (χ4n) is 5.28. The molecule has 1 amide bonds. The van der Waals surface area contributed by atoms with Crippen LogP contribution in [0.2, 0.25) is 0 Å². The molecular weight excluding hydrogens is 411 g/mol. The summed E-state index contributed by atoms with van der Waals surface area (Å²) in [5, 5.41) is 3.88. The Bertz CT molecular complexity index is 751. The average molecular weight is 447 g/mol. The van der Waals surface area contributed by atoms with E-state index in [4.69, 9.17) is 12.2 Å². The third kappa shape index (κ3) is 5.55. The Morgan fingerprint density at radius 3 is 2.19 bits per heavy atom. The Labute approximate surface area is 190 Å². The van der Waals surface area contributed by atoms with Gasteiger partial charge in [-0.15, -0.1) is 0 Å². The van der Waals surface area contributed by atoms with Gasteiger partial charge in [0.1, 0.15) is 5.82 Å². The highest BCUT2D eigenvalue weighted by Crippen LogP contribution is 2.32. The number of carbonyl (C=O) groups is 1. The average Bonchev–Trinajstić information content (AvgIpc) is 3.31. The number of piperazine rings is 1. The van der Waals surface area contributed by atoms with Crippen molar-refractivity contribution in [2.75, 3.05) is 44.6 Å². The molecule has 170 valence electrons. The number of likely N-dealkylation sites (tertiary alicyclic amines) is 1. The van der Waals surface area contributed by atoms with Crippen LogP contribution in [0.15, 0.2) is 24.3 Å². The number of anilines is 1. The maximum atomic E-state index is 13.6. The molecule has 0 bridgehead atoms. The third-order valence-corrected chi connectivity index (χ3v) is 7.65. The van der Waals surface area contributed by atoms with Crippen LogP contribution in [0.25, 0.3) is 0 Å². The summed E-state index contributed by atoms with van der Waals surface area (Å²) in [5.41, 5.74) is 0.798. The van der Waals surface area contributed by atoms with E-state index in [-0.39, 0.29) is 11.9 Å². The molecule has 7 heteroatoms. The molecule has 4 rings (SSSR count). The summed E-state index contributed by atoms with van der Waals surface area (Å²) in [7, 11) is 0. The molecule has 1 aromatic carbocycles. The normalized spacial score (nSPS) is 22.5. The van der Waals surface area contributed by atoms with Crippen molar-refractivity contribution in [3.05, 3.63) is 30.1 Å². The van der Waals surface area contributed by atoms with E-state index in [2.05, 4.69) is 26.9 Å².